The van der Waals surface area contributed by atoms with Gasteiger partial charge in [0.05, 0.1) is 20.2 Å². The van der Waals surface area contributed by atoms with Crippen molar-refractivity contribution in [3.63, 3.8) is 0 Å². The molecule has 1 aromatic rings. The van der Waals surface area contributed by atoms with Gasteiger partial charge in [-0.15, -0.1) is 0 Å². The number of esters is 1. The minimum atomic E-state index is -0.274. The Labute approximate surface area is 131 Å². The largest absolute Gasteiger partial charge is 1.00 e. The normalized spacial score (nSPS) is 10.6. The summed E-state index contributed by atoms with van der Waals surface area (Å²) in [6.45, 7) is 6.00. The number of carbonyl (C=O) groups is 2. The van der Waals surface area contributed by atoms with Crippen LogP contribution in [0.2, 0.25) is 0 Å². The summed E-state index contributed by atoms with van der Waals surface area (Å²) in [5.74, 6) is -0.210. The topological polar surface area (TPSA) is 43.4 Å². The third kappa shape index (κ3) is 5.06. The van der Waals surface area contributed by atoms with Gasteiger partial charge in [0.25, 0.3) is 0 Å². The highest BCUT2D eigenvalue weighted by Crippen LogP contribution is 2.10. The molecule has 0 heterocycles. The molecule has 0 unspecified atom stereocenters. The zero-order valence-corrected chi connectivity index (χ0v) is 13.9. The first-order valence-corrected chi connectivity index (χ1v) is 6.57. The number of methoxy groups -OCH3 is 1. The standard InChI is InChI=1S/C15H22NO3.BrH/c1-4-16(5-2,12-15(18)19-3)11-14(17)13-9-7-6-8-10-13;/h6-10H,4-5,11-12H2,1-3H3;1H/q+1;/p-1. The first-order chi connectivity index (χ1) is 9.06. The van der Waals surface area contributed by atoms with Gasteiger partial charge in [-0.05, 0) is 13.8 Å². The Morgan fingerprint density at radius 2 is 1.60 bits per heavy atom. The molecule has 0 bridgehead atoms. The fourth-order valence-electron chi connectivity index (χ4n) is 2.09. The van der Waals surface area contributed by atoms with Crippen molar-refractivity contribution in [1.82, 2.24) is 0 Å². The van der Waals surface area contributed by atoms with E-state index in [4.69, 9.17) is 4.74 Å². The number of hydrogen-bond donors (Lipinski definition) is 0. The SMILES string of the molecule is CC[N+](CC)(CC(=O)OC)CC(=O)c1ccccc1.[Br-]. The zero-order valence-electron chi connectivity index (χ0n) is 12.3. The van der Waals surface area contributed by atoms with Gasteiger partial charge in [0, 0.05) is 5.56 Å². The number of ketones is 1. The number of hydrogen-bond acceptors (Lipinski definition) is 3. The molecular formula is C15H22BrNO3. The number of halogens is 1. The molecule has 0 amide bonds. The minimum Gasteiger partial charge on any atom is -1.00 e. The van der Waals surface area contributed by atoms with E-state index in [1.165, 1.54) is 7.11 Å². The van der Waals surface area contributed by atoms with Gasteiger partial charge in [0.2, 0.25) is 5.78 Å². The van der Waals surface area contributed by atoms with E-state index in [-0.39, 0.29) is 35.3 Å². The molecule has 0 N–H and O–H groups in total. The van der Waals surface area contributed by atoms with Crippen molar-refractivity contribution >= 4 is 11.8 Å². The highest BCUT2D eigenvalue weighted by molar-refractivity contribution is 5.97. The lowest BCUT2D eigenvalue weighted by molar-refractivity contribution is -0.910. The van der Waals surface area contributed by atoms with E-state index in [0.717, 1.165) is 13.1 Å². The van der Waals surface area contributed by atoms with Crippen molar-refractivity contribution < 1.29 is 35.8 Å². The summed E-state index contributed by atoms with van der Waals surface area (Å²) < 4.78 is 5.16. The molecule has 1 aromatic carbocycles. The van der Waals surface area contributed by atoms with Crippen molar-refractivity contribution in [2.45, 2.75) is 13.8 Å². The lowest BCUT2D eigenvalue weighted by Gasteiger charge is -2.34. The van der Waals surface area contributed by atoms with Crippen molar-refractivity contribution in [3.8, 4) is 0 Å². The maximum atomic E-state index is 12.3. The maximum Gasteiger partial charge on any atom is 0.361 e. The summed E-state index contributed by atoms with van der Waals surface area (Å²) in [4.78, 5) is 23.8. The number of ether oxygens (including phenoxy) is 1. The van der Waals surface area contributed by atoms with Crippen LogP contribution in [0.1, 0.15) is 24.2 Å². The van der Waals surface area contributed by atoms with E-state index in [2.05, 4.69) is 0 Å². The van der Waals surface area contributed by atoms with Crippen molar-refractivity contribution in [3.05, 3.63) is 35.9 Å². The summed E-state index contributed by atoms with van der Waals surface area (Å²) in [7, 11) is 1.38. The molecule has 112 valence electrons. The molecule has 0 aliphatic carbocycles. The monoisotopic (exact) mass is 343 g/mol. The molecule has 4 nitrogen and oxygen atoms in total. The van der Waals surface area contributed by atoms with Crippen LogP contribution >= 0.6 is 0 Å². The Hall–Kier alpha value is -1.20. The van der Waals surface area contributed by atoms with Crippen LogP contribution in [0.4, 0.5) is 0 Å². The number of benzene rings is 1. The smallest absolute Gasteiger partial charge is 0.361 e. The van der Waals surface area contributed by atoms with Crippen molar-refractivity contribution in [2.75, 3.05) is 33.3 Å². The third-order valence-corrected chi connectivity index (χ3v) is 3.61. The van der Waals surface area contributed by atoms with Crippen molar-refractivity contribution in [2.24, 2.45) is 0 Å². The van der Waals surface area contributed by atoms with Gasteiger partial charge in [0.15, 0.2) is 6.54 Å². The molecule has 5 heteroatoms. The number of rotatable bonds is 7. The van der Waals surface area contributed by atoms with E-state index >= 15 is 0 Å². The molecule has 0 fully saturated rings. The van der Waals surface area contributed by atoms with Gasteiger partial charge in [0.1, 0.15) is 6.54 Å². The minimum absolute atomic E-state index is 0. The summed E-state index contributed by atoms with van der Waals surface area (Å²) in [5, 5.41) is 0. The average molecular weight is 344 g/mol. The van der Waals surface area contributed by atoms with Gasteiger partial charge < -0.3 is 26.2 Å². The first-order valence-electron chi connectivity index (χ1n) is 6.57. The number of carbonyl (C=O) groups excluding carboxylic acids is 2. The van der Waals surface area contributed by atoms with Gasteiger partial charge in [-0.25, -0.2) is 4.79 Å². The lowest BCUT2D eigenvalue weighted by atomic mass is 10.1. The lowest BCUT2D eigenvalue weighted by Crippen LogP contribution is -3.00. The molecule has 0 radical (unpaired) electrons. The molecule has 20 heavy (non-hydrogen) atoms. The molecule has 0 aliphatic rings. The number of likely N-dealkylation sites (N-methyl/N-ethyl adjacent to an activating group) is 1. The van der Waals surface area contributed by atoms with E-state index in [9.17, 15) is 9.59 Å². The molecular weight excluding hydrogens is 322 g/mol. The first kappa shape index (κ1) is 18.8. The van der Waals surface area contributed by atoms with Gasteiger partial charge in [-0.1, -0.05) is 30.3 Å². The molecule has 0 saturated heterocycles. The van der Waals surface area contributed by atoms with Gasteiger partial charge >= 0.3 is 5.97 Å². The molecule has 0 aliphatic heterocycles. The van der Waals surface area contributed by atoms with Crippen LogP contribution in [-0.4, -0.2) is 49.5 Å². The second-order valence-corrected chi connectivity index (χ2v) is 4.66. The predicted octanol–water partition coefficient (Wildman–Crippen LogP) is -1.10. The van der Waals surface area contributed by atoms with Gasteiger partial charge in [-0.2, -0.15) is 0 Å². The number of nitrogens with zero attached hydrogens (tertiary/aromatic N) is 1. The number of quaternary nitrogens is 1. The summed E-state index contributed by atoms with van der Waals surface area (Å²) >= 11 is 0. The van der Waals surface area contributed by atoms with Crippen LogP contribution in [0.5, 0.6) is 0 Å². The van der Waals surface area contributed by atoms with Crippen LogP contribution in [0.15, 0.2) is 30.3 Å². The second-order valence-electron chi connectivity index (χ2n) is 4.66. The van der Waals surface area contributed by atoms with Gasteiger partial charge in [-0.3, -0.25) is 4.79 Å². The fourth-order valence-corrected chi connectivity index (χ4v) is 2.09. The summed E-state index contributed by atoms with van der Waals surface area (Å²) in [6.07, 6.45) is 0. The second kappa shape index (κ2) is 8.87. The van der Waals surface area contributed by atoms with E-state index in [0.29, 0.717) is 16.6 Å². The fraction of sp³-hybridized carbons (Fsp3) is 0.467. The summed E-state index contributed by atoms with van der Waals surface area (Å²) in [6, 6.07) is 9.19. The van der Waals surface area contributed by atoms with Crippen LogP contribution in [0.3, 0.4) is 0 Å². The Balaban J connectivity index is 0.00000361. The highest BCUT2D eigenvalue weighted by Gasteiger charge is 2.30. The Morgan fingerprint density at radius 3 is 2.05 bits per heavy atom. The number of Topliss-reactive ketones (excluding diaryl/α,β-unsaturated/α-hetero) is 1. The average Bonchev–Trinajstić information content (AvgIpc) is 2.47. The molecule has 0 saturated carbocycles. The van der Waals surface area contributed by atoms with Crippen LogP contribution in [0, 0.1) is 0 Å². The maximum absolute atomic E-state index is 12.3. The van der Waals surface area contributed by atoms with Crippen molar-refractivity contribution in [1.29, 1.82) is 0 Å². The summed E-state index contributed by atoms with van der Waals surface area (Å²) in [5.41, 5.74) is 0.691. The molecule has 1 rings (SSSR count). The third-order valence-electron chi connectivity index (χ3n) is 3.61. The Bertz CT molecular complexity index is 430. The van der Waals surface area contributed by atoms with E-state index in [1.54, 1.807) is 12.1 Å². The van der Waals surface area contributed by atoms with E-state index in [1.807, 2.05) is 32.0 Å². The predicted molar refractivity (Wildman–Crippen MR) is 73.9 cm³/mol. The zero-order chi connectivity index (χ0) is 14.3. The highest BCUT2D eigenvalue weighted by atomic mass is 79.9. The molecule has 0 atom stereocenters. The van der Waals surface area contributed by atoms with Crippen LogP contribution in [-0.2, 0) is 9.53 Å². The van der Waals surface area contributed by atoms with Crippen LogP contribution in [0.25, 0.3) is 0 Å². The Morgan fingerprint density at radius 1 is 1.05 bits per heavy atom. The van der Waals surface area contributed by atoms with Crippen LogP contribution < -0.4 is 17.0 Å². The molecule has 0 spiro atoms. The quantitative estimate of drug-likeness (QED) is 0.359. The molecule has 0 aromatic heterocycles. The van der Waals surface area contributed by atoms with E-state index < -0.39 is 0 Å². The Kier molecular flexibility index (Phi) is 8.34.